The molecular weight excluding hydrogens is 236 g/mol. The van der Waals surface area contributed by atoms with Gasteiger partial charge < -0.3 is 5.11 Å². The Morgan fingerprint density at radius 2 is 2.05 bits per heavy atom. The van der Waals surface area contributed by atoms with Gasteiger partial charge in [-0.1, -0.05) is 42.5 Å². The largest absolute Gasteiger partial charge is 0.387 e. The molecule has 0 saturated heterocycles. The topological polar surface area (TPSA) is 37.3 Å². The van der Waals surface area contributed by atoms with E-state index in [1.54, 1.807) is 0 Å². The fourth-order valence-corrected chi connectivity index (χ4v) is 2.89. The Hall–Kier alpha value is -1.41. The molecule has 1 aromatic carbocycles. The number of carbonyl (C=O) groups is 1. The molecule has 0 aliphatic heterocycles. The van der Waals surface area contributed by atoms with Crippen molar-refractivity contribution in [3.05, 3.63) is 48.0 Å². The summed E-state index contributed by atoms with van der Waals surface area (Å²) in [5.74, 6) is 0.437. The molecule has 1 N–H and O–H groups in total. The van der Waals surface area contributed by atoms with E-state index in [9.17, 15) is 9.90 Å². The van der Waals surface area contributed by atoms with Gasteiger partial charge in [0.05, 0.1) is 11.5 Å². The van der Waals surface area contributed by atoms with Crippen LogP contribution in [0.5, 0.6) is 0 Å². The van der Waals surface area contributed by atoms with Gasteiger partial charge in [0.2, 0.25) is 0 Å². The number of rotatable bonds is 3. The molecule has 102 valence electrons. The Balaban J connectivity index is 2.20. The normalized spacial score (nSPS) is 29.0. The van der Waals surface area contributed by atoms with Gasteiger partial charge in [0.1, 0.15) is 5.78 Å². The maximum atomic E-state index is 12.4. The van der Waals surface area contributed by atoms with Crippen LogP contribution in [0.2, 0.25) is 0 Å². The third kappa shape index (κ3) is 2.64. The zero-order valence-electron chi connectivity index (χ0n) is 11.7. The van der Waals surface area contributed by atoms with Crippen LogP contribution < -0.4 is 0 Å². The van der Waals surface area contributed by atoms with Crippen LogP contribution >= 0.6 is 0 Å². The summed E-state index contributed by atoms with van der Waals surface area (Å²) in [6.45, 7) is 7.82. The molecule has 2 rings (SSSR count). The molecule has 2 nitrogen and oxygen atoms in total. The summed E-state index contributed by atoms with van der Waals surface area (Å²) < 4.78 is 0. The standard InChI is InChI=1S/C17H22O2/c1-12(2)14-9-10-17(3,15(18)11-14)16(19)13-7-5-4-6-8-13/h4-8,14,16,19H,1,9-11H2,2-3H3/t14-,16-,17+/m1/s1. The second-order valence-corrected chi connectivity index (χ2v) is 5.94. The van der Waals surface area contributed by atoms with Gasteiger partial charge in [-0.25, -0.2) is 0 Å². The summed E-state index contributed by atoms with van der Waals surface area (Å²) in [5.41, 5.74) is 1.24. The van der Waals surface area contributed by atoms with E-state index in [0.29, 0.717) is 6.42 Å². The molecule has 0 spiro atoms. The van der Waals surface area contributed by atoms with E-state index in [1.807, 2.05) is 44.2 Å². The highest BCUT2D eigenvalue weighted by atomic mass is 16.3. The number of carbonyl (C=O) groups excluding carboxylic acids is 1. The Bertz CT molecular complexity index is 477. The summed E-state index contributed by atoms with van der Waals surface area (Å²) in [7, 11) is 0. The SMILES string of the molecule is C=C(C)[C@@H]1CC[C@](C)([C@H](O)c2ccccc2)C(=O)C1. The van der Waals surface area contributed by atoms with Crippen molar-refractivity contribution in [3.8, 4) is 0 Å². The van der Waals surface area contributed by atoms with Gasteiger partial charge in [0.15, 0.2) is 0 Å². The predicted octanol–water partition coefficient (Wildman–Crippen LogP) is 3.67. The van der Waals surface area contributed by atoms with Crippen LogP contribution in [0.3, 0.4) is 0 Å². The van der Waals surface area contributed by atoms with Crippen molar-refractivity contribution in [2.45, 2.75) is 39.2 Å². The zero-order valence-corrected chi connectivity index (χ0v) is 11.7. The molecule has 0 amide bonds. The average molecular weight is 258 g/mol. The average Bonchev–Trinajstić information content (AvgIpc) is 2.42. The first-order valence-electron chi connectivity index (χ1n) is 6.87. The van der Waals surface area contributed by atoms with E-state index in [1.165, 1.54) is 0 Å². The molecular formula is C17H22O2. The maximum Gasteiger partial charge on any atom is 0.142 e. The van der Waals surface area contributed by atoms with Crippen molar-refractivity contribution in [2.24, 2.45) is 11.3 Å². The molecule has 1 saturated carbocycles. The van der Waals surface area contributed by atoms with Crippen LogP contribution in [-0.2, 0) is 4.79 Å². The third-order valence-corrected chi connectivity index (χ3v) is 4.50. The summed E-state index contributed by atoms with van der Waals surface area (Å²) in [5, 5.41) is 10.6. The van der Waals surface area contributed by atoms with E-state index < -0.39 is 11.5 Å². The lowest BCUT2D eigenvalue weighted by Gasteiger charge is -2.39. The van der Waals surface area contributed by atoms with Gasteiger partial charge in [-0.3, -0.25) is 4.79 Å². The first kappa shape index (κ1) is 14.0. The molecule has 1 aliphatic rings. The van der Waals surface area contributed by atoms with Crippen molar-refractivity contribution < 1.29 is 9.90 Å². The number of ketones is 1. The predicted molar refractivity (Wildman–Crippen MR) is 76.7 cm³/mol. The van der Waals surface area contributed by atoms with Gasteiger partial charge in [0.25, 0.3) is 0 Å². The van der Waals surface area contributed by atoms with Gasteiger partial charge in [-0.05, 0) is 38.2 Å². The summed E-state index contributed by atoms with van der Waals surface area (Å²) in [6, 6.07) is 9.47. The van der Waals surface area contributed by atoms with Crippen LogP contribution in [0.25, 0.3) is 0 Å². The minimum atomic E-state index is -0.715. The van der Waals surface area contributed by atoms with Gasteiger partial charge in [-0.2, -0.15) is 0 Å². The second kappa shape index (κ2) is 5.30. The number of allylic oxidation sites excluding steroid dienone is 1. The molecule has 1 aromatic rings. The van der Waals surface area contributed by atoms with Crippen molar-refractivity contribution in [2.75, 3.05) is 0 Å². The number of hydrogen-bond donors (Lipinski definition) is 1. The number of aliphatic hydroxyl groups is 1. The first-order valence-corrected chi connectivity index (χ1v) is 6.87. The molecule has 0 heterocycles. The Morgan fingerprint density at radius 1 is 1.42 bits per heavy atom. The Kier molecular flexibility index (Phi) is 3.91. The zero-order chi connectivity index (χ0) is 14.0. The Morgan fingerprint density at radius 3 is 2.58 bits per heavy atom. The van der Waals surface area contributed by atoms with Crippen LogP contribution in [0, 0.1) is 11.3 Å². The van der Waals surface area contributed by atoms with Gasteiger partial charge in [0, 0.05) is 6.42 Å². The molecule has 0 radical (unpaired) electrons. The number of benzene rings is 1. The Labute approximate surface area is 115 Å². The molecule has 3 atom stereocenters. The fourth-order valence-electron chi connectivity index (χ4n) is 2.89. The van der Waals surface area contributed by atoms with E-state index in [-0.39, 0.29) is 11.7 Å². The minimum absolute atomic E-state index is 0.156. The number of aliphatic hydroxyl groups excluding tert-OH is 1. The summed E-state index contributed by atoms with van der Waals surface area (Å²) in [6.07, 6.45) is 1.45. The highest BCUT2D eigenvalue weighted by molar-refractivity contribution is 5.86. The monoisotopic (exact) mass is 258 g/mol. The molecule has 1 aliphatic carbocycles. The second-order valence-electron chi connectivity index (χ2n) is 5.94. The summed E-state index contributed by atoms with van der Waals surface area (Å²) in [4.78, 5) is 12.4. The van der Waals surface area contributed by atoms with Gasteiger partial charge in [-0.15, -0.1) is 0 Å². The number of hydrogen-bond acceptors (Lipinski definition) is 2. The van der Waals surface area contributed by atoms with Crippen molar-refractivity contribution in [1.29, 1.82) is 0 Å². The van der Waals surface area contributed by atoms with E-state index >= 15 is 0 Å². The molecule has 1 fully saturated rings. The molecule has 0 bridgehead atoms. The number of Topliss-reactive ketones (excluding diaryl/α,β-unsaturated/α-hetero) is 1. The molecule has 19 heavy (non-hydrogen) atoms. The molecule has 0 unspecified atom stereocenters. The minimum Gasteiger partial charge on any atom is -0.387 e. The van der Waals surface area contributed by atoms with Crippen LogP contribution in [0.15, 0.2) is 42.5 Å². The van der Waals surface area contributed by atoms with Crippen molar-refractivity contribution in [1.82, 2.24) is 0 Å². The molecule has 2 heteroatoms. The smallest absolute Gasteiger partial charge is 0.142 e. The van der Waals surface area contributed by atoms with Crippen molar-refractivity contribution in [3.63, 3.8) is 0 Å². The lowest BCUT2D eigenvalue weighted by atomic mass is 9.65. The van der Waals surface area contributed by atoms with E-state index in [4.69, 9.17) is 0 Å². The first-order chi connectivity index (χ1) is 8.95. The fraction of sp³-hybridized carbons (Fsp3) is 0.471. The lowest BCUT2D eigenvalue weighted by molar-refractivity contribution is -0.139. The lowest BCUT2D eigenvalue weighted by Crippen LogP contribution is -2.39. The quantitative estimate of drug-likeness (QED) is 0.840. The summed E-state index contributed by atoms with van der Waals surface area (Å²) >= 11 is 0. The van der Waals surface area contributed by atoms with E-state index in [0.717, 1.165) is 24.0 Å². The van der Waals surface area contributed by atoms with Crippen LogP contribution in [-0.4, -0.2) is 10.9 Å². The maximum absolute atomic E-state index is 12.4. The highest BCUT2D eigenvalue weighted by Crippen LogP contribution is 2.45. The van der Waals surface area contributed by atoms with Gasteiger partial charge >= 0.3 is 0 Å². The molecule has 0 aromatic heterocycles. The van der Waals surface area contributed by atoms with Crippen LogP contribution in [0.4, 0.5) is 0 Å². The van der Waals surface area contributed by atoms with E-state index in [2.05, 4.69) is 6.58 Å². The third-order valence-electron chi connectivity index (χ3n) is 4.50. The van der Waals surface area contributed by atoms with Crippen LogP contribution in [0.1, 0.15) is 44.8 Å². The highest BCUT2D eigenvalue weighted by Gasteiger charge is 2.44. The van der Waals surface area contributed by atoms with Crippen molar-refractivity contribution >= 4 is 5.78 Å².